The summed E-state index contributed by atoms with van der Waals surface area (Å²) in [7, 11) is 4.84. The summed E-state index contributed by atoms with van der Waals surface area (Å²) >= 11 is 1.36. The first kappa shape index (κ1) is 24.4. The van der Waals surface area contributed by atoms with Gasteiger partial charge in [0.2, 0.25) is 5.88 Å². The highest BCUT2D eigenvalue weighted by atomic mass is 32.1. The number of fused-ring (bicyclic) bond motifs is 1. The number of hydrogen-bond donors (Lipinski definition) is 1. The van der Waals surface area contributed by atoms with Gasteiger partial charge in [0, 0.05) is 13.7 Å². The molecule has 1 aliphatic rings. The molecule has 182 valence electrons. The van der Waals surface area contributed by atoms with Crippen molar-refractivity contribution in [1.29, 1.82) is 0 Å². The quantitative estimate of drug-likeness (QED) is 0.489. The summed E-state index contributed by atoms with van der Waals surface area (Å²) in [6.45, 7) is 4.79. The van der Waals surface area contributed by atoms with Gasteiger partial charge in [0.05, 0.1) is 30.5 Å². The molecule has 1 saturated heterocycles. The Bertz CT molecular complexity index is 1130. The summed E-state index contributed by atoms with van der Waals surface area (Å²) in [6, 6.07) is 8.24. The molecule has 0 bridgehead atoms. The maximum Gasteiger partial charge on any atom is 0.261 e. The van der Waals surface area contributed by atoms with E-state index in [1.165, 1.54) is 36.2 Å². The van der Waals surface area contributed by atoms with Crippen LogP contribution in [0.1, 0.15) is 51.9 Å². The minimum absolute atomic E-state index is 0.104. The van der Waals surface area contributed by atoms with E-state index in [-0.39, 0.29) is 18.6 Å². The van der Waals surface area contributed by atoms with E-state index in [9.17, 15) is 4.79 Å². The molecule has 0 saturated carbocycles. The molecule has 3 heterocycles. The number of ether oxygens (including phenoxy) is 3. The van der Waals surface area contributed by atoms with Crippen molar-refractivity contribution in [2.45, 2.75) is 38.8 Å². The number of aromatic nitrogens is 2. The van der Waals surface area contributed by atoms with Gasteiger partial charge in [-0.15, -0.1) is 11.3 Å². The van der Waals surface area contributed by atoms with Gasteiger partial charge in [-0.1, -0.05) is 18.6 Å². The lowest BCUT2D eigenvalue weighted by Gasteiger charge is -2.35. The van der Waals surface area contributed by atoms with E-state index in [0.29, 0.717) is 23.1 Å². The SMILES string of the molecule is COCc1nc(OC)c2c(C)c(C(=O)NCC(c3ccc(OC)cc3)N3CCCCC3)sc2n1. The lowest BCUT2D eigenvalue weighted by Crippen LogP contribution is -2.40. The minimum Gasteiger partial charge on any atom is -0.497 e. The number of hydrogen-bond acceptors (Lipinski definition) is 8. The van der Waals surface area contributed by atoms with Crippen molar-refractivity contribution < 1.29 is 19.0 Å². The van der Waals surface area contributed by atoms with E-state index < -0.39 is 0 Å². The number of nitrogens with one attached hydrogen (secondary N) is 1. The highest BCUT2D eigenvalue weighted by Gasteiger charge is 2.25. The third-order valence-electron chi connectivity index (χ3n) is 6.26. The number of methoxy groups -OCH3 is 3. The fourth-order valence-corrected chi connectivity index (χ4v) is 5.59. The Balaban J connectivity index is 1.57. The third-order valence-corrected chi connectivity index (χ3v) is 7.45. The van der Waals surface area contributed by atoms with Crippen LogP contribution in [0.3, 0.4) is 0 Å². The van der Waals surface area contributed by atoms with E-state index in [4.69, 9.17) is 14.2 Å². The van der Waals surface area contributed by atoms with E-state index in [0.717, 1.165) is 34.6 Å². The predicted molar refractivity (Wildman–Crippen MR) is 133 cm³/mol. The van der Waals surface area contributed by atoms with Crippen molar-refractivity contribution in [2.24, 2.45) is 0 Å². The number of amides is 1. The van der Waals surface area contributed by atoms with Crippen LogP contribution in [0.4, 0.5) is 0 Å². The van der Waals surface area contributed by atoms with Crippen LogP contribution in [-0.4, -0.2) is 61.7 Å². The van der Waals surface area contributed by atoms with Crippen molar-refractivity contribution in [2.75, 3.05) is 41.0 Å². The molecule has 1 atom stereocenters. The molecule has 1 fully saturated rings. The first-order valence-corrected chi connectivity index (χ1v) is 12.4. The van der Waals surface area contributed by atoms with Gasteiger partial charge >= 0.3 is 0 Å². The molecule has 8 nitrogen and oxygen atoms in total. The maximum absolute atomic E-state index is 13.3. The van der Waals surface area contributed by atoms with Gasteiger partial charge in [0.15, 0.2) is 5.82 Å². The van der Waals surface area contributed by atoms with Crippen molar-refractivity contribution >= 4 is 27.5 Å². The molecule has 4 rings (SSSR count). The van der Waals surface area contributed by atoms with E-state index in [1.807, 2.05) is 19.1 Å². The molecule has 1 aliphatic heterocycles. The Hall–Kier alpha value is -2.75. The molecule has 2 aromatic heterocycles. The number of nitrogens with zero attached hydrogens (tertiary/aromatic N) is 3. The molecule has 0 aliphatic carbocycles. The van der Waals surface area contributed by atoms with Gasteiger partial charge in [-0.25, -0.2) is 4.98 Å². The van der Waals surface area contributed by atoms with Crippen LogP contribution in [0.5, 0.6) is 11.6 Å². The van der Waals surface area contributed by atoms with Gasteiger partial charge < -0.3 is 19.5 Å². The van der Waals surface area contributed by atoms with Crippen molar-refractivity contribution in [3.05, 3.63) is 46.1 Å². The van der Waals surface area contributed by atoms with Crippen LogP contribution < -0.4 is 14.8 Å². The molecular weight excluding hydrogens is 452 g/mol. The molecular formula is C25H32N4O4S. The average molecular weight is 485 g/mol. The summed E-state index contributed by atoms with van der Waals surface area (Å²) in [6.07, 6.45) is 3.61. The molecule has 0 radical (unpaired) electrons. The number of benzene rings is 1. The fourth-order valence-electron chi connectivity index (χ4n) is 4.49. The van der Waals surface area contributed by atoms with Crippen LogP contribution in [0.15, 0.2) is 24.3 Å². The van der Waals surface area contributed by atoms with Crippen molar-refractivity contribution in [3.8, 4) is 11.6 Å². The van der Waals surface area contributed by atoms with Crippen LogP contribution in [0.25, 0.3) is 10.2 Å². The number of aryl methyl sites for hydroxylation is 1. The first-order valence-electron chi connectivity index (χ1n) is 11.5. The van der Waals surface area contributed by atoms with Crippen LogP contribution in [0, 0.1) is 6.92 Å². The lowest BCUT2D eigenvalue weighted by atomic mass is 10.0. The number of carbonyl (C=O) groups is 1. The fraction of sp³-hybridized carbons (Fsp3) is 0.480. The average Bonchev–Trinajstić information content (AvgIpc) is 3.21. The second-order valence-corrected chi connectivity index (χ2v) is 9.41. The highest BCUT2D eigenvalue weighted by molar-refractivity contribution is 7.20. The first-order chi connectivity index (χ1) is 16.5. The normalized spacial score (nSPS) is 15.3. The number of piperidine rings is 1. The Morgan fingerprint density at radius 3 is 2.47 bits per heavy atom. The number of likely N-dealkylation sites (tertiary alicyclic amines) is 1. The lowest BCUT2D eigenvalue weighted by molar-refractivity contribution is 0.0928. The molecule has 34 heavy (non-hydrogen) atoms. The monoisotopic (exact) mass is 484 g/mol. The van der Waals surface area contributed by atoms with Crippen LogP contribution >= 0.6 is 11.3 Å². The highest BCUT2D eigenvalue weighted by Crippen LogP contribution is 2.35. The Labute approximate surface area is 204 Å². The molecule has 3 aromatic rings. The maximum atomic E-state index is 13.3. The summed E-state index contributed by atoms with van der Waals surface area (Å²) in [5.41, 5.74) is 2.00. The number of rotatable bonds is 9. The summed E-state index contributed by atoms with van der Waals surface area (Å²) in [5, 5.41) is 3.97. The van der Waals surface area contributed by atoms with Gasteiger partial charge in [-0.2, -0.15) is 4.98 Å². The molecule has 1 N–H and O–H groups in total. The second-order valence-electron chi connectivity index (χ2n) is 8.41. The van der Waals surface area contributed by atoms with Crippen molar-refractivity contribution in [3.63, 3.8) is 0 Å². The standard InChI is InChI=1S/C25H32N4O4S/c1-16-21-24(33-4)27-20(15-31-2)28-25(21)34-22(16)23(30)26-14-19(29-12-6-5-7-13-29)17-8-10-18(32-3)11-9-17/h8-11,19H,5-7,12-15H2,1-4H3,(H,26,30). The number of thiophene rings is 1. The van der Waals surface area contributed by atoms with Gasteiger partial charge in [-0.05, 0) is 56.1 Å². The molecule has 1 amide bonds. The zero-order valence-corrected chi connectivity index (χ0v) is 21.0. The Kier molecular flexibility index (Phi) is 7.97. The summed E-state index contributed by atoms with van der Waals surface area (Å²) in [4.78, 5) is 26.1. The van der Waals surface area contributed by atoms with Gasteiger partial charge in [-0.3, -0.25) is 9.69 Å². The molecule has 0 spiro atoms. The zero-order chi connectivity index (χ0) is 24.1. The summed E-state index contributed by atoms with van der Waals surface area (Å²) < 4.78 is 16.0. The van der Waals surface area contributed by atoms with Crippen LogP contribution in [0.2, 0.25) is 0 Å². The molecule has 1 aromatic carbocycles. The van der Waals surface area contributed by atoms with Crippen molar-refractivity contribution in [1.82, 2.24) is 20.2 Å². The van der Waals surface area contributed by atoms with Crippen LogP contribution in [-0.2, 0) is 11.3 Å². The van der Waals surface area contributed by atoms with E-state index in [2.05, 4.69) is 32.3 Å². The second kappa shape index (κ2) is 11.1. The summed E-state index contributed by atoms with van der Waals surface area (Å²) in [5.74, 6) is 1.72. The smallest absolute Gasteiger partial charge is 0.261 e. The Morgan fingerprint density at radius 1 is 1.09 bits per heavy atom. The largest absolute Gasteiger partial charge is 0.497 e. The zero-order valence-electron chi connectivity index (χ0n) is 20.2. The van der Waals surface area contributed by atoms with Gasteiger partial charge in [0.1, 0.15) is 17.2 Å². The topological polar surface area (TPSA) is 85.8 Å². The molecule has 1 unspecified atom stereocenters. The Morgan fingerprint density at radius 2 is 1.82 bits per heavy atom. The van der Waals surface area contributed by atoms with E-state index in [1.54, 1.807) is 21.3 Å². The third kappa shape index (κ3) is 5.16. The predicted octanol–water partition coefficient (Wildman–Crippen LogP) is 4.12. The van der Waals surface area contributed by atoms with Gasteiger partial charge in [0.25, 0.3) is 5.91 Å². The molecule has 9 heteroatoms. The minimum atomic E-state index is -0.105. The number of carbonyl (C=O) groups excluding carboxylic acids is 1. The van der Waals surface area contributed by atoms with E-state index >= 15 is 0 Å².